The van der Waals surface area contributed by atoms with Crippen molar-refractivity contribution in [2.75, 3.05) is 24.2 Å². The SMILES string of the molecule is CSc1c(C)nc2cc(-c3ccccc3F)nn2c1N1CCCC(C(=O)O)C1. The summed E-state index contributed by atoms with van der Waals surface area (Å²) in [4.78, 5) is 19.2. The predicted octanol–water partition coefficient (Wildman–Crippen LogP) is 3.87. The second kappa shape index (κ2) is 7.43. The molecule has 1 fully saturated rings. The maximum absolute atomic E-state index is 14.3. The first-order valence-corrected chi connectivity index (χ1v) is 10.4. The monoisotopic (exact) mass is 400 g/mol. The molecule has 1 aromatic carbocycles. The van der Waals surface area contributed by atoms with Crippen LogP contribution in [-0.4, -0.2) is 45.0 Å². The number of carboxylic acid groups (broad SMARTS) is 1. The Bertz CT molecular complexity index is 1050. The van der Waals surface area contributed by atoms with Crippen molar-refractivity contribution < 1.29 is 14.3 Å². The van der Waals surface area contributed by atoms with Crippen LogP contribution in [0.1, 0.15) is 18.5 Å². The number of thioether (sulfide) groups is 1. The van der Waals surface area contributed by atoms with Gasteiger partial charge in [0.15, 0.2) is 5.65 Å². The molecule has 6 nitrogen and oxygen atoms in total. The number of aliphatic carboxylic acids is 1. The van der Waals surface area contributed by atoms with Gasteiger partial charge in [0.2, 0.25) is 0 Å². The van der Waals surface area contributed by atoms with E-state index in [4.69, 9.17) is 0 Å². The molecule has 1 unspecified atom stereocenters. The minimum atomic E-state index is -0.773. The molecule has 2 aromatic heterocycles. The minimum Gasteiger partial charge on any atom is -0.481 e. The summed E-state index contributed by atoms with van der Waals surface area (Å²) in [6, 6.07) is 8.30. The predicted molar refractivity (Wildman–Crippen MR) is 107 cm³/mol. The number of benzene rings is 1. The van der Waals surface area contributed by atoms with Crippen molar-refractivity contribution in [2.45, 2.75) is 24.7 Å². The first-order chi connectivity index (χ1) is 13.5. The zero-order valence-corrected chi connectivity index (χ0v) is 16.5. The molecule has 0 spiro atoms. The molecule has 1 saturated heterocycles. The molecular weight excluding hydrogens is 379 g/mol. The number of hydrogen-bond donors (Lipinski definition) is 1. The number of anilines is 1. The lowest BCUT2D eigenvalue weighted by atomic mass is 9.98. The number of carbonyl (C=O) groups is 1. The summed E-state index contributed by atoms with van der Waals surface area (Å²) in [5, 5.41) is 14.1. The molecule has 1 N–H and O–H groups in total. The number of hydrogen-bond acceptors (Lipinski definition) is 5. The van der Waals surface area contributed by atoms with Crippen molar-refractivity contribution >= 4 is 29.2 Å². The number of fused-ring (bicyclic) bond motifs is 1. The van der Waals surface area contributed by atoms with E-state index in [2.05, 4.69) is 15.0 Å². The zero-order valence-electron chi connectivity index (χ0n) is 15.7. The topological polar surface area (TPSA) is 70.7 Å². The van der Waals surface area contributed by atoms with Gasteiger partial charge in [-0.1, -0.05) is 12.1 Å². The molecule has 1 aliphatic rings. The number of carboxylic acids is 1. The van der Waals surface area contributed by atoms with Crippen LogP contribution in [0.3, 0.4) is 0 Å². The molecule has 28 heavy (non-hydrogen) atoms. The summed E-state index contributed by atoms with van der Waals surface area (Å²) >= 11 is 1.56. The number of piperidine rings is 1. The van der Waals surface area contributed by atoms with Crippen molar-refractivity contribution in [3.63, 3.8) is 0 Å². The Labute approximate surface area is 166 Å². The maximum atomic E-state index is 14.3. The van der Waals surface area contributed by atoms with E-state index in [0.717, 1.165) is 29.4 Å². The first kappa shape index (κ1) is 18.7. The highest BCUT2D eigenvalue weighted by Crippen LogP contribution is 2.35. The molecular formula is C20H21FN4O2S. The molecule has 3 aromatic rings. The number of nitrogens with zero attached hydrogens (tertiary/aromatic N) is 4. The molecule has 0 bridgehead atoms. The van der Waals surface area contributed by atoms with Crippen LogP contribution < -0.4 is 4.90 Å². The molecule has 0 saturated carbocycles. The van der Waals surface area contributed by atoms with Crippen LogP contribution in [0.15, 0.2) is 35.2 Å². The van der Waals surface area contributed by atoms with Gasteiger partial charge in [-0.3, -0.25) is 4.79 Å². The maximum Gasteiger partial charge on any atom is 0.308 e. The van der Waals surface area contributed by atoms with Crippen LogP contribution in [0.4, 0.5) is 10.2 Å². The van der Waals surface area contributed by atoms with E-state index in [9.17, 15) is 14.3 Å². The molecule has 146 valence electrons. The van der Waals surface area contributed by atoms with Crippen molar-refractivity contribution in [1.29, 1.82) is 0 Å². The van der Waals surface area contributed by atoms with Gasteiger partial charge in [-0.25, -0.2) is 9.37 Å². The van der Waals surface area contributed by atoms with Crippen molar-refractivity contribution in [2.24, 2.45) is 5.92 Å². The lowest BCUT2D eigenvalue weighted by molar-refractivity contribution is -0.141. The quantitative estimate of drug-likeness (QED) is 0.671. The van der Waals surface area contributed by atoms with Gasteiger partial charge in [-0.05, 0) is 38.2 Å². The molecule has 4 rings (SSSR count). The van der Waals surface area contributed by atoms with Crippen LogP contribution in [0.5, 0.6) is 0 Å². The fourth-order valence-electron chi connectivity index (χ4n) is 3.78. The van der Waals surface area contributed by atoms with E-state index in [-0.39, 0.29) is 5.82 Å². The van der Waals surface area contributed by atoms with Crippen LogP contribution in [0.2, 0.25) is 0 Å². The number of rotatable bonds is 4. The van der Waals surface area contributed by atoms with Crippen LogP contribution >= 0.6 is 11.8 Å². The van der Waals surface area contributed by atoms with Gasteiger partial charge in [-0.15, -0.1) is 11.8 Å². The van der Waals surface area contributed by atoms with Crippen LogP contribution in [-0.2, 0) is 4.79 Å². The fourth-order valence-corrected chi connectivity index (χ4v) is 4.51. The van der Waals surface area contributed by atoms with Gasteiger partial charge in [0.25, 0.3) is 0 Å². The number of aromatic nitrogens is 3. The Morgan fingerprint density at radius 2 is 2.14 bits per heavy atom. The van der Waals surface area contributed by atoms with E-state index in [1.165, 1.54) is 6.07 Å². The third-order valence-corrected chi connectivity index (χ3v) is 6.02. The normalized spacial score (nSPS) is 17.2. The number of aryl methyl sites for hydroxylation is 1. The summed E-state index contributed by atoms with van der Waals surface area (Å²) in [6.07, 6.45) is 3.45. The molecule has 0 amide bonds. The average molecular weight is 400 g/mol. The third kappa shape index (κ3) is 3.22. The Balaban J connectivity index is 1.88. The van der Waals surface area contributed by atoms with E-state index in [1.807, 2.05) is 13.2 Å². The van der Waals surface area contributed by atoms with E-state index >= 15 is 0 Å². The first-order valence-electron chi connectivity index (χ1n) is 9.16. The molecule has 3 heterocycles. The lowest BCUT2D eigenvalue weighted by Gasteiger charge is -2.33. The smallest absolute Gasteiger partial charge is 0.308 e. The van der Waals surface area contributed by atoms with Gasteiger partial charge >= 0.3 is 5.97 Å². The largest absolute Gasteiger partial charge is 0.481 e. The van der Waals surface area contributed by atoms with Gasteiger partial charge in [0.05, 0.1) is 22.2 Å². The average Bonchev–Trinajstić information content (AvgIpc) is 3.10. The van der Waals surface area contributed by atoms with Crippen LogP contribution in [0, 0.1) is 18.7 Å². The minimum absolute atomic E-state index is 0.335. The van der Waals surface area contributed by atoms with Gasteiger partial charge in [0.1, 0.15) is 11.6 Å². The second-order valence-corrected chi connectivity index (χ2v) is 7.77. The van der Waals surface area contributed by atoms with Crippen molar-refractivity contribution in [3.05, 3.63) is 41.8 Å². The van der Waals surface area contributed by atoms with Gasteiger partial charge in [0, 0.05) is 24.7 Å². The highest BCUT2D eigenvalue weighted by molar-refractivity contribution is 7.98. The summed E-state index contributed by atoms with van der Waals surface area (Å²) < 4.78 is 16.0. The third-order valence-electron chi connectivity index (χ3n) is 5.13. The molecule has 1 atom stereocenters. The van der Waals surface area contributed by atoms with Gasteiger partial charge in [-0.2, -0.15) is 9.61 Å². The fraction of sp³-hybridized carbons (Fsp3) is 0.350. The standard InChI is InChI=1S/C20H21FN4O2S/c1-12-18(28-2)19(24-9-5-6-13(11-24)20(26)27)25-17(22-12)10-16(23-25)14-7-3-4-8-15(14)21/h3-4,7-8,10,13H,5-6,9,11H2,1-2H3,(H,26,27). The van der Waals surface area contributed by atoms with Crippen molar-refractivity contribution in [1.82, 2.24) is 14.6 Å². The second-order valence-electron chi connectivity index (χ2n) is 6.96. The Hall–Kier alpha value is -2.61. The molecule has 0 aliphatic carbocycles. The highest BCUT2D eigenvalue weighted by atomic mass is 32.2. The Kier molecular flexibility index (Phi) is 4.97. The summed E-state index contributed by atoms with van der Waals surface area (Å²) in [5.74, 6) is -0.680. The summed E-state index contributed by atoms with van der Waals surface area (Å²) in [7, 11) is 0. The summed E-state index contributed by atoms with van der Waals surface area (Å²) in [5.41, 5.74) is 2.41. The van der Waals surface area contributed by atoms with E-state index in [1.54, 1.807) is 40.5 Å². The Morgan fingerprint density at radius 1 is 1.36 bits per heavy atom. The van der Waals surface area contributed by atoms with E-state index < -0.39 is 11.9 Å². The Morgan fingerprint density at radius 3 is 2.86 bits per heavy atom. The molecule has 0 radical (unpaired) electrons. The lowest BCUT2D eigenvalue weighted by Crippen LogP contribution is -2.40. The zero-order chi connectivity index (χ0) is 19.8. The number of halogens is 1. The molecule has 1 aliphatic heterocycles. The summed E-state index contributed by atoms with van der Waals surface area (Å²) in [6.45, 7) is 3.12. The van der Waals surface area contributed by atoms with Crippen LogP contribution in [0.25, 0.3) is 16.9 Å². The van der Waals surface area contributed by atoms with E-state index in [0.29, 0.717) is 29.9 Å². The van der Waals surface area contributed by atoms with Crippen molar-refractivity contribution in [3.8, 4) is 11.3 Å². The highest BCUT2D eigenvalue weighted by Gasteiger charge is 2.29. The molecule has 8 heteroatoms. The van der Waals surface area contributed by atoms with Gasteiger partial charge < -0.3 is 10.0 Å².